The quantitative estimate of drug-likeness (QED) is 0.0320. The van der Waals surface area contributed by atoms with Gasteiger partial charge in [0.1, 0.15) is 23.5 Å². The number of nitrogens with one attached hydrogen (secondary N) is 6. The summed E-state index contributed by atoms with van der Waals surface area (Å²) in [5, 5.41) is 32.9. The number of alkyl carbamates (subject to hydrolysis) is 2. The number of pyridine rings is 1. The first kappa shape index (κ1) is 58.1. The van der Waals surface area contributed by atoms with Crippen LogP contribution in [-0.4, -0.2) is 158 Å². The Morgan fingerprint density at radius 1 is 0.842 bits per heavy atom. The SMILES string of the molecule is COC(=O)NC(C(=O)N[C@@H](Cc1ccc(C#Cc2ccc(N3CC4CCC(C3)N4C3COC3)nc2)cc1)[C@@H](O)CN(Cc1c(F)cc(C(=N)OC(C)=N)cc1F)NC(=O)[C@@H](NC(=O)OC)C(F)(F)F)C(C)(C)C(F)(F)F. The van der Waals surface area contributed by atoms with Crippen LogP contribution in [0.2, 0.25) is 0 Å². The van der Waals surface area contributed by atoms with Gasteiger partial charge < -0.3 is 44.9 Å². The number of aliphatic hydroxyl groups excluding tert-OH is 1. The first-order chi connectivity index (χ1) is 35.7. The van der Waals surface area contributed by atoms with Gasteiger partial charge in [0.05, 0.1) is 51.0 Å². The summed E-state index contributed by atoms with van der Waals surface area (Å²) >= 11 is 0. The van der Waals surface area contributed by atoms with Crippen molar-refractivity contribution in [3.8, 4) is 11.8 Å². The lowest BCUT2D eigenvalue weighted by molar-refractivity contribution is -0.220. The lowest BCUT2D eigenvalue weighted by Crippen LogP contribution is -2.63. The van der Waals surface area contributed by atoms with Gasteiger partial charge >= 0.3 is 24.5 Å². The number of nitrogens with zero attached hydrogens (tertiary/aromatic N) is 4. The molecule has 27 heteroatoms. The van der Waals surface area contributed by atoms with Crippen molar-refractivity contribution in [2.45, 2.75) is 101 Å². The third-order valence-corrected chi connectivity index (χ3v) is 13.1. The minimum Gasteiger partial charge on any atom is -0.453 e. The molecular weight excluding hydrogens is 1020 g/mol. The molecule has 2 aromatic carbocycles. The minimum absolute atomic E-state index is 0.264. The number of amides is 4. The number of hydrogen-bond acceptors (Lipinski definition) is 15. The average Bonchev–Trinajstić information content (AvgIpc) is 3.56. The molecule has 4 amide bonds. The molecule has 3 aliphatic rings. The first-order valence-electron chi connectivity index (χ1n) is 23.5. The Balaban J connectivity index is 1.28. The Hall–Kier alpha value is -7.15. The number of carbonyl (C=O) groups excluding carboxylic acids is 4. The van der Waals surface area contributed by atoms with Crippen LogP contribution in [0, 0.1) is 39.7 Å². The van der Waals surface area contributed by atoms with Crippen LogP contribution < -0.4 is 26.3 Å². The highest BCUT2D eigenvalue weighted by Crippen LogP contribution is 2.41. The fourth-order valence-electron chi connectivity index (χ4n) is 8.83. The summed E-state index contributed by atoms with van der Waals surface area (Å²) in [4.78, 5) is 61.0. The number of rotatable bonds is 17. The molecule has 7 N–H and O–H groups in total. The molecule has 19 nitrogen and oxygen atoms in total. The molecule has 3 saturated heterocycles. The van der Waals surface area contributed by atoms with E-state index in [1.54, 1.807) is 11.6 Å². The van der Waals surface area contributed by atoms with E-state index in [1.807, 2.05) is 17.4 Å². The molecule has 412 valence electrons. The molecule has 6 rings (SSSR count). The molecule has 0 aliphatic carbocycles. The van der Waals surface area contributed by atoms with Crippen LogP contribution in [0.15, 0.2) is 54.7 Å². The second-order valence-electron chi connectivity index (χ2n) is 18.8. The largest absolute Gasteiger partial charge is 0.453 e. The van der Waals surface area contributed by atoms with E-state index in [0.29, 0.717) is 67.4 Å². The average molecular weight is 1080 g/mol. The summed E-state index contributed by atoms with van der Waals surface area (Å²) in [6, 6.07) is 4.55. The molecule has 0 spiro atoms. The topological polar surface area (TPSA) is 244 Å². The Morgan fingerprint density at radius 2 is 1.41 bits per heavy atom. The Kier molecular flexibility index (Phi) is 18.5. The smallest absolute Gasteiger partial charge is 0.417 e. The number of halogens is 8. The number of piperazine rings is 1. The zero-order valence-corrected chi connectivity index (χ0v) is 41.6. The molecule has 2 bridgehead atoms. The number of hydrogen-bond donors (Lipinski definition) is 7. The first-order valence-corrected chi connectivity index (χ1v) is 23.5. The van der Waals surface area contributed by atoms with Gasteiger partial charge in [-0.15, -0.1) is 0 Å². The zero-order valence-electron chi connectivity index (χ0n) is 41.6. The van der Waals surface area contributed by atoms with E-state index >= 15 is 8.78 Å². The number of hydrazine groups is 1. The molecule has 0 saturated carbocycles. The second-order valence-corrected chi connectivity index (χ2v) is 18.8. The highest BCUT2D eigenvalue weighted by Gasteiger charge is 2.56. The number of aromatic nitrogens is 1. The molecule has 1 aromatic heterocycles. The van der Waals surface area contributed by atoms with E-state index < -0.39 is 120 Å². The molecule has 3 unspecified atom stereocenters. The van der Waals surface area contributed by atoms with Gasteiger partial charge in [0.15, 0.2) is 5.90 Å². The fraction of sp³-hybridized carbons (Fsp3) is 0.490. The minimum atomic E-state index is -5.53. The number of anilines is 1. The molecule has 0 radical (unpaired) electrons. The van der Waals surface area contributed by atoms with Gasteiger partial charge in [-0.3, -0.25) is 30.7 Å². The van der Waals surface area contributed by atoms with E-state index in [-0.39, 0.29) is 5.56 Å². The highest BCUT2D eigenvalue weighted by atomic mass is 19.4. The molecule has 3 aromatic rings. The van der Waals surface area contributed by atoms with Gasteiger partial charge in [-0.25, -0.2) is 28.4 Å². The maximum Gasteiger partial charge on any atom is 0.417 e. The van der Waals surface area contributed by atoms with Crippen molar-refractivity contribution in [1.29, 1.82) is 10.8 Å². The van der Waals surface area contributed by atoms with E-state index in [1.165, 1.54) is 29.6 Å². The van der Waals surface area contributed by atoms with Crippen LogP contribution in [0.4, 0.5) is 50.5 Å². The normalized spacial score (nSPS) is 18.4. The standard InChI is InChI=1S/C49H56F8N10O9/c1-26(58)76-42(59)30-17-35(50)34(36(51)18-30)22-66(64-44(70)41(48(52,53)54)63-46(72)74-5)23-38(68)37(61-43(69)40(62-45(71)73-4)47(2,3)49(55,56)57)16-28-9-6-27(7-10-28)8-11-29-12-15-39(60-19-29)65-20-31-13-14-32(21-65)67(31)33-24-75-25-33/h6-7,9-10,12,15,17-19,31-33,37-38,40-41,58-59,68H,13-14,16,20-25H2,1-5H3,(H,61,69)(H,62,71)(H,63,72)(H,64,70)/t31?,32?,37-,38-,40?,41+/m0/s1. The Labute approximate surface area is 430 Å². The summed E-state index contributed by atoms with van der Waals surface area (Å²) in [5.74, 6) is -1.13. The van der Waals surface area contributed by atoms with Crippen molar-refractivity contribution in [2.24, 2.45) is 5.41 Å². The summed E-state index contributed by atoms with van der Waals surface area (Å²) in [6.07, 6.45) is -12.7. The van der Waals surface area contributed by atoms with Crippen molar-refractivity contribution >= 4 is 41.6 Å². The number of carbonyl (C=O) groups is 4. The number of aliphatic hydroxyl groups is 1. The Bertz CT molecular complexity index is 2640. The van der Waals surface area contributed by atoms with E-state index in [9.17, 15) is 50.6 Å². The van der Waals surface area contributed by atoms with Crippen molar-refractivity contribution in [1.82, 2.24) is 36.3 Å². The van der Waals surface area contributed by atoms with Crippen LogP contribution >= 0.6 is 0 Å². The lowest BCUT2D eigenvalue weighted by Gasteiger charge is -2.47. The number of alkyl halides is 6. The van der Waals surface area contributed by atoms with Crippen LogP contribution in [0.5, 0.6) is 0 Å². The summed E-state index contributed by atoms with van der Waals surface area (Å²) in [5.41, 5.74) is -1.50. The number of methoxy groups -OCH3 is 2. The molecular formula is C49H56F8N10O9. The van der Waals surface area contributed by atoms with Crippen molar-refractivity contribution in [2.75, 3.05) is 52.0 Å². The van der Waals surface area contributed by atoms with Crippen molar-refractivity contribution < 1.29 is 78.4 Å². The van der Waals surface area contributed by atoms with Gasteiger partial charge in [-0.2, -0.15) is 26.3 Å². The lowest BCUT2D eigenvalue weighted by atomic mass is 9.82. The maximum atomic E-state index is 15.7. The molecule has 6 atom stereocenters. The number of ether oxygens (including phenoxy) is 4. The van der Waals surface area contributed by atoms with Gasteiger partial charge in [-0.05, 0) is 75.1 Å². The van der Waals surface area contributed by atoms with Crippen LogP contribution in [0.1, 0.15) is 61.4 Å². The summed E-state index contributed by atoms with van der Waals surface area (Å²) in [6.45, 7) is 3.10. The number of fused-ring (bicyclic) bond motifs is 2. The third-order valence-electron chi connectivity index (χ3n) is 13.1. The van der Waals surface area contributed by atoms with Gasteiger partial charge in [0.25, 0.3) is 5.91 Å². The van der Waals surface area contributed by atoms with E-state index in [2.05, 4.69) is 41.4 Å². The van der Waals surface area contributed by atoms with Crippen LogP contribution in [-0.2, 0) is 41.5 Å². The predicted molar refractivity (Wildman–Crippen MR) is 255 cm³/mol. The van der Waals surface area contributed by atoms with Crippen LogP contribution in [0.3, 0.4) is 0 Å². The van der Waals surface area contributed by atoms with E-state index in [0.717, 1.165) is 59.0 Å². The molecule has 76 heavy (non-hydrogen) atoms. The predicted octanol–water partition coefficient (Wildman–Crippen LogP) is 4.67. The third kappa shape index (κ3) is 14.4. The summed E-state index contributed by atoms with van der Waals surface area (Å²) in [7, 11) is 1.51. The monoisotopic (exact) mass is 1080 g/mol. The Morgan fingerprint density at radius 3 is 1.91 bits per heavy atom. The van der Waals surface area contributed by atoms with Gasteiger partial charge in [0, 0.05) is 73.6 Å². The van der Waals surface area contributed by atoms with Gasteiger partial charge in [0.2, 0.25) is 17.8 Å². The fourth-order valence-corrected chi connectivity index (χ4v) is 8.83. The van der Waals surface area contributed by atoms with Crippen LogP contribution in [0.25, 0.3) is 0 Å². The molecule has 3 aliphatic heterocycles. The second kappa shape index (κ2) is 24.2. The zero-order chi connectivity index (χ0) is 55.9. The van der Waals surface area contributed by atoms with Gasteiger partial charge in [-0.1, -0.05) is 24.0 Å². The molecule has 3 fully saturated rings. The highest BCUT2D eigenvalue weighted by molar-refractivity contribution is 5.98. The molecule has 4 heterocycles. The van der Waals surface area contributed by atoms with E-state index in [4.69, 9.17) is 20.3 Å². The number of benzene rings is 2. The van der Waals surface area contributed by atoms with Crippen molar-refractivity contribution in [3.63, 3.8) is 0 Å². The summed E-state index contributed by atoms with van der Waals surface area (Å²) < 4.78 is 136. The maximum absolute atomic E-state index is 15.7. The van der Waals surface area contributed by atoms with Crippen molar-refractivity contribution in [3.05, 3.63) is 94.2 Å².